The van der Waals surface area contributed by atoms with Crippen LogP contribution >= 0.6 is 0 Å². The lowest BCUT2D eigenvalue weighted by atomic mass is 9.93. The van der Waals surface area contributed by atoms with Gasteiger partial charge in [-0.3, -0.25) is 4.90 Å². The van der Waals surface area contributed by atoms with Gasteiger partial charge in [0.05, 0.1) is 6.10 Å². The van der Waals surface area contributed by atoms with E-state index in [0.717, 1.165) is 12.5 Å². The molecule has 0 bridgehead atoms. The largest absolute Gasteiger partial charge is 0.378 e. The average Bonchev–Trinajstić information content (AvgIpc) is 2.97. The second-order valence-corrected chi connectivity index (χ2v) is 6.38. The molecule has 1 N–H and O–H groups in total. The molecular weight excluding hydrogens is 236 g/mol. The lowest BCUT2D eigenvalue weighted by molar-refractivity contribution is 0.0549. The molecule has 2 fully saturated rings. The second-order valence-electron chi connectivity index (χ2n) is 6.38. The highest BCUT2D eigenvalue weighted by molar-refractivity contribution is 4.88. The van der Waals surface area contributed by atoms with Crippen LogP contribution in [-0.4, -0.2) is 49.3 Å². The Bertz CT molecular complexity index is 253. The van der Waals surface area contributed by atoms with Gasteiger partial charge in [0.15, 0.2) is 0 Å². The molecule has 2 rings (SSSR count). The predicted molar refractivity (Wildman–Crippen MR) is 80.5 cm³/mol. The van der Waals surface area contributed by atoms with Crippen molar-refractivity contribution < 1.29 is 4.74 Å². The number of rotatable bonds is 6. The molecular formula is C16H32N2O. The molecule has 0 aromatic heterocycles. The van der Waals surface area contributed by atoms with E-state index >= 15 is 0 Å². The zero-order chi connectivity index (χ0) is 13.7. The summed E-state index contributed by atoms with van der Waals surface area (Å²) in [6.45, 7) is 11.6. The van der Waals surface area contributed by atoms with Gasteiger partial charge >= 0.3 is 0 Å². The molecule has 2 saturated heterocycles. The van der Waals surface area contributed by atoms with Gasteiger partial charge in [-0.05, 0) is 31.6 Å². The molecule has 2 heterocycles. The normalized spacial score (nSPS) is 34.6. The van der Waals surface area contributed by atoms with E-state index in [1.807, 2.05) is 0 Å². The van der Waals surface area contributed by atoms with Crippen LogP contribution in [0, 0.1) is 5.92 Å². The highest BCUT2D eigenvalue weighted by Crippen LogP contribution is 2.22. The fraction of sp³-hybridized carbons (Fsp3) is 1.00. The topological polar surface area (TPSA) is 24.5 Å². The van der Waals surface area contributed by atoms with Crippen molar-refractivity contribution >= 4 is 0 Å². The Morgan fingerprint density at radius 3 is 2.84 bits per heavy atom. The molecule has 4 atom stereocenters. The summed E-state index contributed by atoms with van der Waals surface area (Å²) < 4.78 is 5.78. The quantitative estimate of drug-likeness (QED) is 0.801. The molecule has 2 aliphatic rings. The summed E-state index contributed by atoms with van der Waals surface area (Å²) in [7, 11) is 0. The van der Waals surface area contributed by atoms with E-state index in [-0.39, 0.29) is 0 Å². The SMILES string of the molecule is CCC1CN(CCC2CCCO2)C(C(C)CC)CN1. The zero-order valence-corrected chi connectivity index (χ0v) is 13.0. The number of piperazine rings is 1. The van der Waals surface area contributed by atoms with Crippen LogP contribution in [0.3, 0.4) is 0 Å². The highest BCUT2D eigenvalue weighted by Gasteiger charge is 2.30. The Morgan fingerprint density at radius 2 is 2.21 bits per heavy atom. The summed E-state index contributed by atoms with van der Waals surface area (Å²) in [6, 6.07) is 1.40. The van der Waals surface area contributed by atoms with Gasteiger partial charge in [0.25, 0.3) is 0 Å². The molecule has 0 saturated carbocycles. The van der Waals surface area contributed by atoms with Crippen LogP contribution in [0.15, 0.2) is 0 Å². The number of hydrogen-bond donors (Lipinski definition) is 1. The summed E-state index contributed by atoms with van der Waals surface area (Å²) in [4.78, 5) is 2.74. The van der Waals surface area contributed by atoms with Crippen molar-refractivity contribution in [2.75, 3.05) is 26.2 Å². The second kappa shape index (κ2) is 7.61. The molecule has 0 aliphatic carbocycles. The minimum Gasteiger partial charge on any atom is -0.378 e. The third kappa shape index (κ3) is 4.17. The Morgan fingerprint density at radius 1 is 1.37 bits per heavy atom. The molecule has 3 heteroatoms. The minimum absolute atomic E-state index is 0.535. The van der Waals surface area contributed by atoms with E-state index in [0.29, 0.717) is 18.2 Å². The van der Waals surface area contributed by atoms with Crippen molar-refractivity contribution in [2.45, 2.75) is 71.1 Å². The Hall–Kier alpha value is -0.120. The van der Waals surface area contributed by atoms with Gasteiger partial charge in [-0.2, -0.15) is 0 Å². The predicted octanol–water partition coefficient (Wildman–Crippen LogP) is 2.65. The van der Waals surface area contributed by atoms with Crippen LogP contribution in [0.25, 0.3) is 0 Å². The summed E-state index contributed by atoms with van der Waals surface area (Å²) in [5.74, 6) is 0.787. The van der Waals surface area contributed by atoms with E-state index in [9.17, 15) is 0 Å². The minimum atomic E-state index is 0.535. The van der Waals surface area contributed by atoms with Crippen LogP contribution in [0.2, 0.25) is 0 Å². The number of hydrogen-bond acceptors (Lipinski definition) is 3. The maximum absolute atomic E-state index is 5.78. The first-order valence-electron chi connectivity index (χ1n) is 8.33. The number of nitrogens with one attached hydrogen (secondary N) is 1. The maximum Gasteiger partial charge on any atom is 0.0588 e. The first kappa shape index (κ1) is 15.3. The van der Waals surface area contributed by atoms with Crippen LogP contribution in [-0.2, 0) is 4.74 Å². The van der Waals surface area contributed by atoms with Crippen molar-refractivity contribution in [1.29, 1.82) is 0 Å². The fourth-order valence-corrected chi connectivity index (χ4v) is 3.45. The van der Waals surface area contributed by atoms with Crippen molar-refractivity contribution in [3.8, 4) is 0 Å². The van der Waals surface area contributed by atoms with E-state index in [1.165, 1.54) is 51.7 Å². The van der Waals surface area contributed by atoms with Gasteiger partial charge < -0.3 is 10.1 Å². The Kier molecular flexibility index (Phi) is 6.11. The van der Waals surface area contributed by atoms with Crippen LogP contribution in [0.4, 0.5) is 0 Å². The standard InChI is InChI=1S/C16H32N2O/c1-4-13(3)16-11-17-14(5-2)12-18(16)9-8-15-7-6-10-19-15/h13-17H,4-12H2,1-3H3. The molecule has 112 valence electrons. The van der Waals surface area contributed by atoms with Gasteiger partial charge in [-0.1, -0.05) is 27.2 Å². The average molecular weight is 268 g/mol. The number of nitrogens with zero attached hydrogens (tertiary/aromatic N) is 1. The first-order chi connectivity index (χ1) is 9.24. The molecule has 2 aliphatic heterocycles. The molecule has 19 heavy (non-hydrogen) atoms. The monoisotopic (exact) mass is 268 g/mol. The molecule has 0 amide bonds. The zero-order valence-electron chi connectivity index (χ0n) is 13.0. The van der Waals surface area contributed by atoms with E-state index in [4.69, 9.17) is 4.74 Å². The van der Waals surface area contributed by atoms with Gasteiger partial charge in [-0.15, -0.1) is 0 Å². The first-order valence-corrected chi connectivity index (χ1v) is 8.33. The third-order valence-corrected chi connectivity index (χ3v) is 5.10. The Labute approximate surface area is 119 Å². The van der Waals surface area contributed by atoms with Crippen molar-refractivity contribution in [3.63, 3.8) is 0 Å². The number of ether oxygens (including phenoxy) is 1. The third-order valence-electron chi connectivity index (χ3n) is 5.10. The molecule has 3 nitrogen and oxygen atoms in total. The molecule has 0 spiro atoms. The Balaban J connectivity index is 1.86. The summed E-state index contributed by atoms with van der Waals surface area (Å²) in [5.41, 5.74) is 0. The maximum atomic E-state index is 5.78. The lowest BCUT2D eigenvalue weighted by Crippen LogP contribution is -2.58. The van der Waals surface area contributed by atoms with Crippen molar-refractivity contribution in [2.24, 2.45) is 5.92 Å². The molecule has 0 radical (unpaired) electrons. The summed E-state index contributed by atoms with van der Waals surface area (Å²) >= 11 is 0. The van der Waals surface area contributed by atoms with Gasteiger partial charge in [0.1, 0.15) is 0 Å². The van der Waals surface area contributed by atoms with Crippen molar-refractivity contribution in [3.05, 3.63) is 0 Å². The van der Waals surface area contributed by atoms with Gasteiger partial charge in [0, 0.05) is 38.3 Å². The van der Waals surface area contributed by atoms with E-state index in [1.54, 1.807) is 0 Å². The lowest BCUT2D eigenvalue weighted by Gasteiger charge is -2.43. The molecule has 0 aromatic carbocycles. The van der Waals surface area contributed by atoms with E-state index in [2.05, 4.69) is 31.0 Å². The van der Waals surface area contributed by atoms with Crippen LogP contribution in [0.5, 0.6) is 0 Å². The van der Waals surface area contributed by atoms with Crippen molar-refractivity contribution in [1.82, 2.24) is 10.2 Å². The summed E-state index contributed by atoms with van der Waals surface area (Å²) in [6.07, 6.45) is 6.82. The smallest absolute Gasteiger partial charge is 0.0588 e. The van der Waals surface area contributed by atoms with Crippen LogP contribution < -0.4 is 5.32 Å². The highest BCUT2D eigenvalue weighted by atomic mass is 16.5. The van der Waals surface area contributed by atoms with Crippen LogP contribution in [0.1, 0.15) is 52.9 Å². The van der Waals surface area contributed by atoms with E-state index < -0.39 is 0 Å². The molecule has 4 unspecified atom stereocenters. The molecule has 0 aromatic rings. The summed E-state index contributed by atoms with van der Waals surface area (Å²) in [5, 5.41) is 3.72. The van der Waals surface area contributed by atoms with Gasteiger partial charge in [0.2, 0.25) is 0 Å². The fourth-order valence-electron chi connectivity index (χ4n) is 3.45. The van der Waals surface area contributed by atoms with Gasteiger partial charge in [-0.25, -0.2) is 0 Å².